The highest BCUT2D eigenvalue weighted by Crippen LogP contribution is 2.33. The highest BCUT2D eigenvalue weighted by atomic mass is 16.5. The molecule has 0 aromatic rings. The molecular formula is C15H30N2O2. The average molecular weight is 270 g/mol. The van der Waals surface area contributed by atoms with Crippen molar-refractivity contribution in [2.45, 2.75) is 40.0 Å². The smallest absolute Gasteiger partial charge is 0.230 e. The minimum Gasteiger partial charge on any atom is -0.383 e. The van der Waals surface area contributed by atoms with Gasteiger partial charge in [-0.25, -0.2) is 0 Å². The van der Waals surface area contributed by atoms with E-state index in [1.807, 2.05) is 4.90 Å². The second-order valence-corrected chi connectivity index (χ2v) is 6.09. The highest BCUT2D eigenvalue weighted by Gasteiger charge is 2.42. The summed E-state index contributed by atoms with van der Waals surface area (Å²) in [6.45, 7) is 10.4. The maximum atomic E-state index is 12.9. The number of carbonyl (C=O) groups is 1. The molecular weight excluding hydrogens is 240 g/mol. The first-order valence-corrected chi connectivity index (χ1v) is 7.54. The Bertz CT molecular complexity index is 273. The summed E-state index contributed by atoms with van der Waals surface area (Å²) in [4.78, 5) is 14.9. The van der Waals surface area contributed by atoms with Crippen molar-refractivity contribution in [2.24, 2.45) is 11.3 Å². The van der Waals surface area contributed by atoms with Crippen LogP contribution in [-0.2, 0) is 9.53 Å². The summed E-state index contributed by atoms with van der Waals surface area (Å²) in [5, 5.41) is 3.36. The number of ether oxygens (including phenoxy) is 1. The van der Waals surface area contributed by atoms with E-state index >= 15 is 0 Å². The van der Waals surface area contributed by atoms with E-state index in [1.165, 1.54) is 0 Å². The molecule has 112 valence electrons. The number of rotatable bonds is 8. The van der Waals surface area contributed by atoms with Crippen molar-refractivity contribution in [2.75, 3.05) is 39.9 Å². The van der Waals surface area contributed by atoms with Crippen LogP contribution in [0.25, 0.3) is 0 Å². The van der Waals surface area contributed by atoms with E-state index in [0.717, 1.165) is 38.9 Å². The van der Waals surface area contributed by atoms with Crippen LogP contribution in [0.15, 0.2) is 0 Å². The van der Waals surface area contributed by atoms with Gasteiger partial charge in [0.05, 0.1) is 12.0 Å². The summed E-state index contributed by atoms with van der Waals surface area (Å²) in [6, 6.07) is 0. The quantitative estimate of drug-likeness (QED) is 0.732. The molecule has 0 bridgehead atoms. The van der Waals surface area contributed by atoms with E-state index in [9.17, 15) is 4.79 Å². The van der Waals surface area contributed by atoms with Crippen molar-refractivity contribution < 1.29 is 9.53 Å². The van der Waals surface area contributed by atoms with Gasteiger partial charge in [0.2, 0.25) is 5.91 Å². The summed E-state index contributed by atoms with van der Waals surface area (Å²) in [5.41, 5.74) is -0.169. The van der Waals surface area contributed by atoms with E-state index in [-0.39, 0.29) is 5.41 Å². The maximum absolute atomic E-state index is 12.9. The maximum Gasteiger partial charge on any atom is 0.230 e. The van der Waals surface area contributed by atoms with E-state index in [1.54, 1.807) is 7.11 Å². The van der Waals surface area contributed by atoms with Crippen LogP contribution in [0, 0.1) is 11.3 Å². The number of hydrogen-bond donors (Lipinski definition) is 1. The highest BCUT2D eigenvalue weighted by molar-refractivity contribution is 5.83. The predicted molar refractivity (Wildman–Crippen MR) is 78.1 cm³/mol. The summed E-state index contributed by atoms with van der Waals surface area (Å²) in [7, 11) is 1.69. The van der Waals surface area contributed by atoms with Crippen LogP contribution < -0.4 is 5.32 Å². The molecule has 0 aliphatic carbocycles. The number of hydrogen-bond acceptors (Lipinski definition) is 3. The molecule has 0 saturated carbocycles. The van der Waals surface area contributed by atoms with Crippen LogP contribution >= 0.6 is 0 Å². The third-order valence-corrected chi connectivity index (χ3v) is 3.86. The number of amides is 1. The van der Waals surface area contributed by atoms with Crippen LogP contribution in [0.3, 0.4) is 0 Å². The third-order valence-electron chi connectivity index (χ3n) is 3.86. The van der Waals surface area contributed by atoms with Gasteiger partial charge in [0.1, 0.15) is 0 Å². The zero-order valence-electron chi connectivity index (χ0n) is 13.0. The van der Waals surface area contributed by atoms with Crippen LogP contribution in [0.1, 0.15) is 40.0 Å². The second kappa shape index (κ2) is 7.85. The topological polar surface area (TPSA) is 41.6 Å². The molecule has 0 radical (unpaired) electrons. The molecule has 1 aliphatic rings. The SMILES string of the molecule is CCCC1(C(=O)N(CCOC)CC(C)C)CCNC1. The Morgan fingerprint density at radius 3 is 2.68 bits per heavy atom. The molecule has 0 spiro atoms. The summed E-state index contributed by atoms with van der Waals surface area (Å²) in [6.07, 6.45) is 3.02. The van der Waals surface area contributed by atoms with Gasteiger partial charge < -0.3 is 15.0 Å². The van der Waals surface area contributed by atoms with Gasteiger partial charge in [-0.15, -0.1) is 0 Å². The molecule has 1 heterocycles. The number of nitrogens with one attached hydrogen (secondary N) is 1. The lowest BCUT2D eigenvalue weighted by Crippen LogP contribution is -2.47. The Hall–Kier alpha value is -0.610. The molecule has 1 atom stereocenters. The molecule has 1 saturated heterocycles. The largest absolute Gasteiger partial charge is 0.383 e. The zero-order valence-corrected chi connectivity index (χ0v) is 13.0. The second-order valence-electron chi connectivity index (χ2n) is 6.09. The molecule has 1 unspecified atom stereocenters. The summed E-state index contributed by atoms with van der Waals surface area (Å²) in [5.74, 6) is 0.818. The minimum absolute atomic E-state index is 0.169. The minimum atomic E-state index is -0.169. The van der Waals surface area contributed by atoms with Gasteiger partial charge in [0, 0.05) is 26.7 Å². The van der Waals surface area contributed by atoms with Gasteiger partial charge in [-0.3, -0.25) is 4.79 Å². The number of nitrogens with zero attached hydrogens (tertiary/aromatic N) is 1. The van der Waals surface area contributed by atoms with Gasteiger partial charge in [-0.2, -0.15) is 0 Å². The van der Waals surface area contributed by atoms with Crippen LogP contribution in [0.5, 0.6) is 0 Å². The first kappa shape index (κ1) is 16.4. The fourth-order valence-corrected chi connectivity index (χ4v) is 2.98. The van der Waals surface area contributed by atoms with Crippen molar-refractivity contribution in [3.8, 4) is 0 Å². The summed E-state index contributed by atoms with van der Waals surface area (Å²) < 4.78 is 5.15. The van der Waals surface area contributed by atoms with E-state index < -0.39 is 0 Å². The average Bonchev–Trinajstić information content (AvgIpc) is 2.83. The Morgan fingerprint density at radius 1 is 1.47 bits per heavy atom. The zero-order chi connectivity index (χ0) is 14.3. The van der Waals surface area contributed by atoms with E-state index in [4.69, 9.17) is 4.74 Å². The van der Waals surface area contributed by atoms with Crippen LogP contribution in [0.2, 0.25) is 0 Å². The van der Waals surface area contributed by atoms with Gasteiger partial charge >= 0.3 is 0 Å². The van der Waals surface area contributed by atoms with Crippen LogP contribution in [0.4, 0.5) is 0 Å². The molecule has 0 aromatic heterocycles. The van der Waals surface area contributed by atoms with Gasteiger partial charge in [0.25, 0.3) is 0 Å². The molecule has 1 fully saturated rings. The number of carbonyl (C=O) groups excluding carboxylic acids is 1. The third kappa shape index (κ3) is 4.46. The fraction of sp³-hybridized carbons (Fsp3) is 0.933. The normalized spacial score (nSPS) is 23.0. The molecule has 4 heteroatoms. The molecule has 1 N–H and O–H groups in total. The molecule has 1 aliphatic heterocycles. The summed E-state index contributed by atoms with van der Waals surface area (Å²) >= 11 is 0. The first-order valence-electron chi connectivity index (χ1n) is 7.54. The lowest BCUT2D eigenvalue weighted by molar-refractivity contribution is -0.142. The Balaban J connectivity index is 2.76. The standard InChI is InChI=1S/C15H30N2O2/c1-5-6-15(7-8-16-12-15)14(18)17(9-10-19-4)11-13(2)3/h13,16H,5-12H2,1-4H3. The Labute approximate surface area is 117 Å². The monoisotopic (exact) mass is 270 g/mol. The van der Waals surface area contributed by atoms with E-state index in [0.29, 0.717) is 25.0 Å². The van der Waals surface area contributed by atoms with Crippen molar-refractivity contribution >= 4 is 5.91 Å². The fourth-order valence-electron chi connectivity index (χ4n) is 2.98. The van der Waals surface area contributed by atoms with Crippen molar-refractivity contribution in [1.82, 2.24) is 10.2 Å². The molecule has 19 heavy (non-hydrogen) atoms. The van der Waals surface area contributed by atoms with E-state index in [2.05, 4.69) is 26.1 Å². The molecule has 1 amide bonds. The molecule has 1 rings (SSSR count). The first-order chi connectivity index (χ1) is 9.05. The lowest BCUT2D eigenvalue weighted by atomic mass is 9.81. The van der Waals surface area contributed by atoms with Gasteiger partial charge in [0.15, 0.2) is 0 Å². The Morgan fingerprint density at radius 2 is 2.21 bits per heavy atom. The van der Waals surface area contributed by atoms with Crippen molar-refractivity contribution in [3.05, 3.63) is 0 Å². The number of methoxy groups -OCH3 is 1. The van der Waals surface area contributed by atoms with Gasteiger partial charge in [-0.1, -0.05) is 27.2 Å². The van der Waals surface area contributed by atoms with Crippen LogP contribution in [-0.4, -0.2) is 50.7 Å². The lowest BCUT2D eigenvalue weighted by Gasteiger charge is -2.34. The molecule has 0 aromatic carbocycles. The Kier molecular flexibility index (Phi) is 6.80. The predicted octanol–water partition coefficient (Wildman–Crippen LogP) is 1.90. The van der Waals surface area contributed by atoms with Crippen molar-refractivity contribution in [1.29, 1.82) is 0 Å². The van der Waals surface area contributed by atoms with Crippen molar-refractivity contribution in [3.63, 3.8) is 0 Å². The van der Waals surface area contributed by atoms with Gasteiger partial charge in [-0.05, 0) is 25.3 Å². The molecule has 4 nitrogen and oxygen atoms in total.